The van der Waals surface area contributed by atoms with Gasteiger partial charge >= 0.3 is 0 Å². The smallest absolute Gasteiger partial charge is 0.287 e. The van der Waals surface area contributed by atoms with Crippen molar-refractivity contribution in [3.8, 4) is 6.07 Å². The van der Waals surface area contributed by atoms with Gasteiger partial charge in [0.05, 0.1) is 17.2 Å². The standard InChI is InChI=1S/C18H14N4O5/c1-11(16-7-12-4-2-3-5-15(12)27-16)20-17(23)10-21-9-14(22(25)26)6-13(8-19)18(21)24/h2-7,9,11H,10H2,1H3,(H,20,23)/t11-/m1/s1. The van der Waals surface area contributed by atoms with Gasteiger partial charge in [0.1, 0.15) is 29.5 Å². The number of nitrogens with zero attached hydrogens (tertiary/aromatic N) is 3. The summed E-state index contributed by atoms with van der Waals surface area (Å²) in [6, 6.07) is 11.2. The Kier molecular flexibility index (Phi) is 4.72. The molecule has 0 saturated heterocycles. The van der Waals surface area contributed by atoms with Gasteiger partial charge in [0.2, 0.25) is 5.91 Å². The average molecular weight is 366 g/mol. The molecule has 1 atom stereocenters. The topological polar surface area (TPSA) is 131 Å². The quantitative estimate of drug-likeness (QED) is 0.544. The van der Waals surface area contributed by atoms with Crippen LogP contribution in [0.25, 0.3) is 11.0 Å². The summed E-state index contributed by atoms with van der Waals surface area (Å²) in [6.45, 7) is 1.26. The number of nitrogens with one attached hydrogen (secondary N) is 1. The Labute approximate surface area is 152 Å². The molecule has 3 rings (SSSR count). The molecule has 0 unspecified atom stereocenters. The van der Waals surface area contributed by atoms with Crippen LogP contribution in [0.1, 0.15) is 24.3 Å². The second kappa shape index (κ2) is 7.13. The van der Waals surface area contributed by atoms with Crippen molar-refractivity contribution in [3.05, 3.63) is 74.4 Å². The van der Waals surface area contributed by atoms with Crippen LogP contribution in [-0.2, 0) is 11.3 Å². The number of nitro groups is 1. The summed E-state index contributed by atoms with van der Waals surface area (Å²) in [5, 5.41) is 23.4. The zero-order valence-electron chi connectivity index (χ0n) is 14.2. The monoisotopic (exact) mass is 366 g/mol. The fourth-order valence-corrected chi connectivity index (χ4v) is 2.65. The predicted octanol–water partition coefficient (Wildman–Crippen LogP) is 2.25. The Bertz CT molecular complexity index is 1110. The summed E-state index contributed by atoms with van der Waals surface area (Å²) in [7, 11) is 0. The molecular formula is C18H14N4O5. The molecule has 0 fully saturated rings. The summed E-state index contributed by atoms with van der Waals surface area (Å²) in [4.78, 5) is 34.6. The van der Waals surface area contributed by atoms with Gasteiger partial charge < -0.3 is 9.73 Å². The number of benzene rings is 1. The first-order valence-electron chi connectivity index (χ1n) is 7.96. The van der Waals surface area contributed by atoms with Gasteiger partial charge in [-0.2, -0.15) is 5.26 Å². The molecule has 1 amide bonds. The minimum absolute atomic E-state index is 0.401. The predicted molar refractivity (Wildman–Crippen MR) is 94.8 cm³/mol. The van der Waals surface area contributed by atoms with E-state index < -0.39 is 40.2 Å². The van der Waals surface area contributed by atoms with Crippen molar-refractivity contribution in [2.75, 3.05) is 0 Å². The van der Waals surface area contributed by atoms with E-state index in [0.717, 1.165) is 22.2 Å². The fraction of sp³-hybridized carbons (Fsp3) is 0.167. The molecule has 27 heavy (non-hydrogen) atoms. The molecule has 2 heterocycles. The summed E-state index contributed by atoms with van der Waals surface area (Å²) in [5.74, 6) is -0.0110. The Morgan fingerprint density at radius 1 is 1.41 bits per heavy atom. The zero-order valence-corrected chi connectivity index (χ0v) is 14.2. The van der Waals surface area contributed by atoms with Gasteiger partial charge in [0, 0.05) is 11.5 Å². The zero-order chi connectivity index (χ0) is 19.6. The second-order valence-electron chi connectivity index (χ2n) is 5.89. The Hall–Kier alpha value is -3.93. The first kappa shape index (κ1) is 17.9. The Morgan fingerprint density at radius 3 is 2.81 bits per heavy atom. The molecule has 0 saturated carbocycles. The third-order valence-corrected chi connectivity index (χ3v) is 3.97. The number of para-hydroxylation sites is 1. The van der Waals surface area contributed by atoms with Crippen LogP contribution in [0.4, 0.5) is 5.69 Å². The third-order valence-electron chi connectivity index (χ3n) is 3.97. The van der Waals surface area contributed by atoms with Crippen LogP contribution in [0.5, 0.6) is 0 Å². The maximum Gasteiger partial charge on any atom is 0.287 e. The summed E-state index contributed by atoms with van der Waals surface area (Å²) >= 11 is 0. The highest BCUT2D eigenvalue weighted by Crippen LogP contribution is 2.23. The molecule has 0 aliphatic heterocycles. The van der Waals surface area contributed by atoms with Gasteiger partial charge in [-0.15, -0.1) is 0 Å². The minimum Gasteiger partial charge on any atom is -0.459 e. The molecule has 0 aliphatic rings. The normalized spacial score (nSPS) is 11.7. The van der Waals surface area contributed by atoms with Crippen molar-refractivity contribution in [2.45, 2.75) is 19.5 Å². The molecule has 136 valence electrons. The van der Waals surface area contributed by atoms with Crippen molar-refractivity contribution in [2.24, 2.45) is 0 Å². The van der Waals surface area contributed by atoms with Crippen LogP contribution in [0.3, 0.4) is 0 Å². The molecule has 0 radical (unpaired) electrons. The maximum absolute atomic E-state index is 12.3. The van der Waals surface area contributed by atoms with E-state index in [2.05, 4.69) is 5.32 Å². The van der Waals surface area contributed by atoms with Crippen LogP contribution in [0, 0.1) is 21.4 Å². The Balaban J connectivity index is 1.79. The van der Waals surface area contributed by atoms with Gasteiger partial charge in [-0.1, -0.05) is 18.2 Å². The highest BCUT2D eigenvalue weighted by molar-refractivity contribution is 5.79. The van der Waals surface area contributed by atoms with Crippen molar-refractivity contribution in [1.82, 2.24) is 9.88 Å². The average Bonchev–Trinajstić information content (AvgIpc) is 3.07. The SMILES string of the molecule is C[C@@H](NC(=O)Cn1cc([N+](=O)[O-])cc(C#N)c1=O)c1cc2ccccc2o1. The number of fused-ring (bicyclic) bond motifs is 1. The van der Waals surface area contributed by atoms with E-state index in [1.807, 2.05) is 18.2 Å². The first-order chi connectivity index (χ1) is 12.9. The molecule has 9 heteroatoms. The largest absolute Gasteiger partial charge is 0.459 e. The second-order valence-corrected chi connectivity index (χ2v) is 5.89. The highest BCUT2D eigenvalue weighted by Gasteiger charge is 2.18. The van der Waals surface area contributed by atoms with Crippen LogP contribution < -0.4 is 10.9 Å². The van der Waals surface area contributed by atoms with E-state index in [9.17, 15) is 19.7 Å². The number of furan rings is 1. The van der Waals surface area contributed by atoms with E-state index in [1.165, 1.54) is 0 Å². The molecule has 2 aromatic heterocycles. The number of rotatable bonds is 5. The lowest BCUT2D eigenvalue weighted by atomic mass is 10.2. The van der Waals surface area contributed by atoms with E-state index in [4.69, 9.17) is 9.68 Å². The molecule has 3 aromatic rings. The molecule has 0 spiro atoms. The number of nitriles is 1. The van der Waals surface area contributed by atoms with Gasteiger partial charge in [-0.05, 0) is 19.1 Å². The number of hydrogen-bond acceptors (Lipinski definition) is 6. The van der Waals surface area contributed by atoms with Gasteiger partial charge in [0.25, 0.3) is 11.2 Å². The molecular weight excluding hydrogens is 352 g/mol. The minimum atomic E-state index is -0.769. The lowest BCUT2D eigenvalue weighted by molar-refractivity contribution is -0.385. The highest BCUT2D eigenvalue weighted by atomic mass is 16.6. The van der Waals surface area contributed by atoms with E-state index in [-0.39, 0.29) is 0 Å². The number of carbonyl (C=O) groups excluding carboxylic acids is 1. The summed E-state index contributed by atoms with van der Waals surface area (Å²) in [5.41, 5.74) is -0.927. The fourth-order valence-electron chi connectivity index (χ4n) is 2.65. The lowest BCUT2D eigenvalue weighted by Gasteiger charge is -2.12. The lowest BCUT2D eigenvalue weighted by Crippen LogP contribution is -2.34. The molecule has 1 aromatic carbocycles. The first-order valence-corrected chi connectivity index (χ1v) is 7.96. The maximum atomic E-state index is 12.3. The van der Waals surface area contributed by atoms with Crippen LogP contribution in [0.15, 0.2) is 51.8 Å². The van der Waals surface area contributed by atoms with Crippen LogP contribution in [0.2, 0.25) is 0 Å². The molecule has 0 bridgehead atoms. The molecule has 0 aliphatic carbocycles. The van der Waals surface area contributed by atoms with E-state index >= 15 is 0 Å². The van der Waals surface area contributed by atoms with Gasteiger partial charge in [0.15, 0.2) is 0 Å². The number of carbonyl (C=O) groups is 1. The van der Waals surface area contributed by atoms with Crippen molar-refractivity contribution in [3.63, 3.8) is 0 Å². The number of amides is 1. The van der Waals surface area contributed by atoms with Gasteiger partial charge in [-0.3, -0.25) is 24.3 Å². The van der Waals surface area contributed by atoms with Crippen molar-refractivity contribution < 1.29 is 14.1 Å². The van der Waals surface area contributed by atoms with Gasteiger partial charge in [-0.25, -0.2) is 0 Å². The van der Waals surface area contributed by atoms with Crippen molar-refractivity contribution >= 4 is 22.6 Å². The summed E-state index contributed by atoms with van der Waals surface area (Å²) < 4.78 is 6.52. The van der Waals surface area contributed by atoms with Crippen LogP contribution in [-0.4, -0.2) is 15.4 Å². The number of aromatic nitrogens is 1. The molecule has 1 N–H and O–H groups in total. The number of hydrogen-bond donors (Lipinski definition) is 1. The third kappa shape index (κ3) is 3.69. The van der Waals surface area contributed by atoms with E-state index in [1.54, 1.807) is 25.1 Å². The molecule has 9 nitrogen and oxygen atoms in total. The van der Waals surface area contributed by atoms with E-state index in [0.29, 0.717) is 11.3 Å². The van der Waals surface area contributed by atoms with Crippen molar-refractivity contribution in [1.29, 1.82) is 5.26 Å². The number of pyridine rings is 1. The Morgan fingerprint density at radius 2 is 2.15 bits per heavy atom. The van der Waals surface area contributed by atoms with Crippen LogP contribution >= 0.6 is 0 Å². The summed E-state index contributed by atoms with van der Waals surface area (Å²) in [6.07, 6.45) is 0.939.